The largest absolute Gasteiger partial charge is 0.370 e. The molecule has 0 unspecified atom stereocenters. The third-order valence-corrected chi connectivity index (χ3v) is 2.81. The quantitative estimate of drug-likeness (QED) is 0.877. The van der Waals surface area contributed by atoms with Gasteiger partial charge < -0.3 is 10.6 Å². The minimum Gasteiger partial charge on any atom is -0.370 e. The Bertz CT molecular complexity index is 355. The Morgan fingerprint density at radius 2 is 2.33 bits per heavy atom. The molecule has 0 aliphatic heterocycles. The maximum absolute atomic E-state index is 10.9. The van der Waals surface area contributed by atoms with Crippen LogP contribution in [0, 0.1) is 6.92 Å². The van der Waals surface area contributed by atoms with Gasteiger partial charge in [0.25, 0.3) is 0 Å². The number of hydrogen-bond acceptors (Lipinski definition) is 3. The summed E-state index contributed by atoms with van der Waals surface area (Å²) in [5, 5.41) is 5.65. The molecule has 0 radical (unpaired) electrons. The van der Waals surface area contributed by atoms with E-state index in [9.17, 15) is 4.79 Å². The molecule has 1 aromatic heterocycles. The number of anilines is 1. The van der Waals surface area contributed by atoms with E-state index in [0.717, 1.165) is 15.9 Å². The van der Waals surface area contributed by atoms with E-state index in [-0.39, 0.29) is 5.91 Å². The Hall–Kier alpha value is -1.10. The summed E-state index contributed by atoms with van der Waals surface area (Å²) < 4.78 is 0.986. The van der Waals surface area contributed by atoms with Gasteiger partial charge in [-0.25, -0.2) is 4.98 Å². The second-order valence-corrected chi connectivity index (χ2v) is 4.02. The first kappa shape index (κ1) is 12.0. The highest BCUT2D eigenvalue weighted by molar-refractivity contribution is 9.10. The Labute approximate surface area is 97.6 Å². The van der Waals surface area contributed by atoms with Crippen molar-refractivity contribution < 1.29 is 4.79 Å². The molecule has 0 aromatic carbocycles. The average molecular weight is 272 g/mol. The minimum absolute atomic E-state index is 0.0244. The van der Waals surface area contributed by atoms with Crippen LogP contribution in [0.5, 0.6) is 0 Å². The predicted molar refractivity (Wildman–Crippen MR) is 63.8 cm³/mol. The third-order valence-electron chi connectivity index (χ3n) is 1.98. The maximum Gasteiger partial charge on any atom is 0.221 e. The molecular weight excluding hydrogens is 258 g/mol. The summed E-state index contributed by atoms with van der Waals surface area (Å²) in [4.78, 5) is 15.1. The molecule has 2 N–H and O–H groups in total. The van der Waals surface area contributed by atoms with Gasteiger partial charge >= 0.3 is 0 Å². The second-order valence-electron chi connectivity index (χ2n) is 3.17. The fourth-order valence-corrected chi connectivity index (χ4v) is 1.28. The van der Waals surface area contributed by atoms with Gasteiger partial charge in [-0.3, -0.25) is 4.79 Å². The van der Waals surface area contributed by atoms with Crippen LogP contribution in [0.4, 0.5) is 5.82 Å². The average Bonchev–Trinajstić information content (AvgIpc) is 2.23. The van der Waals surface area contributed by atoms with Crippen LogP contribution in [-0.4, -0.2) is 24.5 Å². The number of hydrogen-bond donors (Lipinski definition) is 2. The van der Waals surface area contributed by atoms with Crippen molar-refractivity contribution in [1.29, 1.82) is 0 Å². The van der Waals surface area contributed by atoms with Gasteiger partial charge in [-0.2, -0.15) is 0 Å². The van der Waals surface area contributed by atoms with Crippen LogP contribution in [0.1, 0.15) is 12.0 Å². The minimum atomic E-state index is 0.0244. The van der Waals surface area contributed by atoms with Gasteiger partial charge in [0, 0.05) is 30.7 Å². The number of pyridine rings is 1. The van der Waals surface area contributed by atoms with Gasteiger partial charge in [0.15, 0.2) is 0 Å². The van der Waals surface area contributed by atoms with E-state index >= 15 is 0 Å². The van der Waals surface area contributed by atoms with E-state index in [2.05, 4.69) is 31.5 Å². The molecule has 1 amide bonds. The fraction of sp³-hybridized carbons (Fsp3) is 0.400. The van der Waals surface area contributed by atoms with E-state index in [0.29, 0.717) is 13.0 Å². The van der Waals surface area contributed by atoms with Crippen LogP contribution >= 0.6 is 15.9 Å². The molecule has 82 valence electrons. The van der Waals surface area contributed by atoms with Gasteiger partial charge in [0.2, 0.25) is 5.91 Å². The molecule has 1 aromatic rings. The molecule has 0 atom stereocenters. The lowest BCUT2D eigenvalue weighted by Crippen LogP contribution is -2.21. The predicted octanol–water partition coefficient (Wildman–Crippen LogP) is 1.70. The molecule has 4 nitrogen and oxygen atoms in total. The summed E-state index contributed by atoms with van der Waals surface area (Å²) in [5.74, 6) is 0.816. The van der Waals surface area contributed by atoms with Crippen LogP contribution < -0.4 is 10.6 Å². The zero-order valence-electron chi connectivity index (χ0n) is 8.80. The summed E-state index contributed by atoms with van der Waals surface area (Å²) in [6.07, 6.45) is 2.20. The van der Waals surface area contributed by atoms with Gasteiger partial charge in [-0.15, -0.1) is 0 Å². The number of rotatable bonds is 4. The van der Waals surface area contributed by atoms with Crippen molar-refractivity contribution >= 4 is 27.7 Å². The topological polar surface area (TPSA) is 54.0 Å². The number of nitrogens with zero attached hydrogens (tertiary/aromatic N) is 1. The van der Waals surface area contributed by atoms with Crippen molar-refractivity contribution in [2.45, 2.75) is 13.3 Å². The molecule has 0 saturated carbocycles. The molecule has 0 fully saturated rings. The van der Waals surface area contributed by atoms with E-state index in [4.69, 9.17) is 0 Å². The Morgan fingerprint density at radius 3 is 2.93 bits per heavy atom. The molecule has 15 heavy (non-hydrogen) atoms. The number of halogens is 1. The zero-order chi connectivity index (χ0) is 11.3. The van der Waals surface area contributed by atoms with Crippen LogP contribution in [0.25, 0.3) is 0 Å². The molecule has 0 saturated heterocycles. The third kappa shape index (κ3) is 3.87. The van der Waals surface area contributed by atoms with Crippen molar-refractivity contribution in [2.75, 3.05) is 18.9 Å². The summed E-state index contributed by atoms with van der Waals surface area (Å²) in [5.41, 5.74) is 1.12. The van der Waals surface area contributed by atoms with Crippen LogP contribution in [-0.2, 0) is 4.79 Å². The molecular formula is C10H14BrN3O. The normalized spacial score (nSPS) is 9.80. The SMILES string of the molecule is CNC(=O)CCNc1cc(C)c(Br)cn1. The molecule has 1 heterocycles. The van der Waals surface area contributed by atoms with Crippen molar-refractivity contribution in [3.63, 3.8) is 0 Å². The summed E-state index contributed by atoms with van der Waals surface area (Å²) in [7, 11) is 1.63. The molecule has 0 aliphatic carbocycles. The van der Waals surface area contributed by atoms with Crippen LogP contribution in [0.15, 0.2) is 16.7 Å². The smallest absolute Gasteiger partial charge is 0.221 e. The first-order valence-corrected chi connectivity index (χ1v) is 5.49. The fourth-order valence-electron chi connectivity index (χ4n) is 1.07. The number of aryl methyl sites for hydroxylation is 1. The zero-order valence-corrected chi connectivity index (χ0v) is 10.4. The van der Waals surface area contributed by atoms with Crippen molar-refractivity contribution in [3.8, 4) is 0 Å². The Balaban J connectivity index is 2.44. The number of aromatic nitrogens is 1. The van der Waals surface area contributed by atoms with E-state index in [1.165, 1.54) is 0 Å². The highest BCUT2D eigenvalue weighted by Crippen LogP contribution is 2.16. The van der Waals surface area contributed by atoms with Gasteiger partial charge in [0.05, 0.1) is 0 Å². The number of carbonyl (C=O) groups is 1. The number of carbonyl (C=O) groups excluding carboxylic acids is 1. The first-order valence-electron chi connectivity index (χ1n) is 4.70. The Kier molecular flexibility index (Phi) is 4.55. The lowest BCUT2D eigenvalue weighted by atomic mass is 10.3. The summed E-state index contributed by atoms with van der Waals surface area (Å²) in [6.45, 7) is 2.59. The van der Waals surface area contributed by atoms with Crippen molar-refractivity contribution in [3.05, 3.63) is 22.3 Å². The van der Waals surface area contributed by atoms with Crippen molar-refractivity contribution in [2.24, 2.45) is 0 Å². The van der Waals surface area contributed by atoms with Gasteiger partial charge in [0.1, 0.15) is 5.82 Å². The molecule has 1 rings (SSSR count). The van der Waals surface area contributed by atoms with Crippen LogP contribution in [0.3, 0.4) is 0 Å². The lowest BCUT2D eigenvalue weighted by Gasteiger charge is -2.06. The first-order chi connectivity index (χ1) is 7.13. The summed E-state index contributed by atoms with van der Waals surface area (Å²) in [6, 6.07) is 1.94. The highest BCUT2D eigenvalue weighted by Gasteiger charge is 2.00. The second kappa shape index (κ2) is 5.70. The molecule has 0 bridgehead atoms. The number of nitrogens with one attached hydrogen (secondary N) is 2. The highest BCUT2D eigenvalue weighted by atomic mass is 79.9. The Morgan fingerprint density at radius 1 is 1.60 bits per heavy atom. The number of amides is 1. The van der Waals surface area contributed by atoms with Crippen molar-refractivity contribution in [1.82, 2.24) is 10.3 Å². The van der Waals surface area contributed by atoms with E-state index in [1.54, 1.807) is 13.2 Å². The monoisotopic (exact) mass is 271 g/mol. The summed E-state index contributed by atoms with van der Waals surface area (Å²) >= 11 is 3.38. The van der Waals surface area contributed by atoms with E-state index in [1.807, 2.05) is 13.0 Å². The standard InChI is InChI=1S/C10H14BrN3O/c1-7-5-9(14-6-8(7)11)13-4-3-10(15)12-2/h5-6H,3-4H2,1-2H3,(H,12,15)(H,13,14). The lowest BCUT2D eigenvalue weighted by molar-refractivity contribution is -0.120. The van der Waals surface area contributed by atoms with Gasteiger partial charge in [-0.1, -0.05) is 0 Å². The maximum atomic E-state index is 10.9. The van der Waals surface area contributed by atoms with Gasteiger partial charge in [-0.05, 0) is 34.5 Å². The molecule has 0 aliphatic rings. The van der Waals surface area contributed by atoms with E-state index < -0.39 is 0 Å². The molecule has 0 spiro atoms. The van der Waals surface area contributed by atoms with Crippen LogP contribution in [0.2, 0.25) is 0 Å². The molecule has 5 heteroatoms.